The molecule has 2 nitrogen and oxygen atoms in total. The van der Waals surface area contributed by atoms with Crippen LogP contribution in [0.4, 0.5) is 13.2 Å². The third-order valence-corrected chi connectivity index (χ3v) is 2.68. The molecule has 0 fully saturated rings. The second-order valence-corrected chi connectivity index (χ2v) is 4.18. The van der Waals surface area contributed by atoms with Gasteiger partial charge in [0.05, 0.1) is 6.04 Å². The van der Waals surface area contributed by atoms with Crippen molar-refractivity contribution in [3.8, 4) is 0 Å². The number of nitrogens with two attached hydrogens (primary N) is 1. The fraction of sp³-hybridized carbons (Fsp3) is 0.0909. The highest BCUT2D eigenvalue weighted by molar-refractivity contribution is 9.10. The largest absolute Gasteiger partial charge is 0.452 e. The minimum absolute atomic E-state index is 0.182. The average molecular weight is 306 g/mol. The zero-order chi connectivity index (χ0) is 12.6. The van der Waals surface area contributed by atoms with Crippen molar-refractivity contribution in [1.82, 2.24) is 0 Å². The van der Waals surface area contributed by atoms with Crippen molar-refractivity contribution in [2.75, 3.05) is 0 Å². The smallest absolute Gasteiger partial charge is 0.169 e. The highest BCUT2D eigenvalue weighted by atomic mass is 79.9. The van der Waals surface area contributed by atoms with E-state index in [-0.39, 0.29) is 5.76 Å². The molecule has 1 unspecified atom stereocenters. The van der Waals surface area contributed by atoms with Gasteiger partial charge in [0.15, 0.2) is 4.67 Å². The molecule has 0 amide bonds. The first-order chi connectivity index (χ1) is 7.99. The minimum atomic E-state index is -1.12. The van der Waals surface area contributed by atoms with Gasteiger partial charge in [0.2, 0.25) is 0 Å². The van der Waals surface area contributed by atoms with Crippen molar-refractivity contribution in [1.29, 1.82) is 0 Å². The van der Waals surface area contributed by atoms with Crippen molar-refractivity contribution >= 4 is 15.9 Å². The minimum Gasteiger partial charge on any atom is -0.452 e. The molecule has 1 aromatic carbocycles. The Balaban J connectivity index is 2.47. The van der Waals surface area contributed by atoms with Gasteiger partial charge in [0, 0.05) is 17.7 Å². The van der Waals surface area contributed by atoms with E-state index in [0.717, 1.165) is 0 Å². The van der Waals surface area contributed by atoms with Gasteiger partial charge in [0.1, 0.15) is 23.2 Å². The number of halogens is 4. The van der Waals surface area contributed by atoms with Gasteiger partial charge in [-0.25, -0.2) is 13.2 Å². The van der Waals surface area contributed by atoms with Crippen LogP contribution >= 0.6 is 15.9 Å². The van der Waals surface area contributed by atoms with E-state index >= 15 is 0 Å². The van der Waals surface area contributed by atoms with Crippen molar-refractivity contribution in [3.63, 3.8) is 0 Å². The standard InChI is InChI=1S/C11H7BrF3NO/c12-9-2-1-8(17-9)11(16)10-6(14)3-5(13)4-7(10)15/h1-4,11H,16H2. The van der Waals surface area contributed by atoms with Crippen LogP contribution in [0.15, 0.2) is 33.4 Å². The zero-order valence-corrected chi connectivity index (χ0v) is 9.97. The van der Waals surface area contributed by atoms with Gasteiger partial charge < -0.3 is 10.2 Å². The van der Waals surface area contributed by atoms with Crippen molar-refractivity contribution in [2.45, 2.75) is 6.04 Å². The van der Waals surface area contributed by atoms with Crippen LogP contribution in [0.5, 0.6) is 0 Å². The zero-order valence-electron chi connectivity index (χ0n) is 8.38. The van der Waals surface area contributed by atoms with Crippen molar-refractivity contribution in [2.24, 2.45) is 5.73 Å². The van der Waals surface area contributed by atoms with Crippen LogP contribution < -0.4 is 5.73 Å². The lowest BCUT2D eigenvalue weighted by atomic mass is 10.0. The summed E-state index contributed by atoms with van der Waals surface area (Å²) in [7, 11) is 0. The maximum Gasteiger partial charge on any atom is 0.169 e. The Morgan fingerprint density at radius 2 is 1.71 bits per heavy atom. The molecule has 0 spiro atoms. The van der Waals surface area contributed by atoms with Crippen LogP contribution in [0.3, 0.4) is 0 Å². The summed E-state index contributed by atoms with van der Waals surface area (Å²) in [6.07, 6.45) is 0. The van der Waals surface area contributed by atoms with Crippen LogP contribution in [0, 0.1) is 17.5 Å². The van der Waals surface area contributed by atoms with Gasteiger partial charge in [-0.1, -0.05) is 0 Å². The number of benzene rings is 1. The van der Waals surface area contributed by atoms with Crippen LogP contribution in [0.25, 0.3) is 0 Å². The molecule has 1 atom stereocenters. The van der Waals surface area contributed by atoms with Gasteiger partial charge in [-0.3, -0.25) is 0 Å². The van der Waals surface area contributed by atoms with Crippen LogP contribution in [0.1, 0.15) is 17.4 Å². The highest BCUT2D eigenvalue weighted by Gasteiger charge is 2.22. The molecule has 17 heavy (non-hydrogen) atoms. The molecule has 0 aliphatic rings. The second kappa shape index (κ2) is 4.54. The monoisotopic (exact) mass is 305 g/mol. The molecule has 0 radical (unpaired) electrons. The molecule has 2 N–H and O–H groups in total. The Morgan fingerprint density at radius 1 is 1.12 bits per heavy atom. The van der Waals surface area contributed by atoms with E-state index in [1.165, 1.54) is 6.07 Å². The first-order valence-electron chi connectivity index (χ1n) is 4.64. The van der Waals surface area contributed by atoms with Crippen LogP contribution in [-0.4, -0.2) is 0 Å². The topological polar surface area (TPSA) is 39.2 Å². The van der Waals surface area contributed by atoms with E-state index in [4.69, 9.17) is 10.2 Å². The van der Waals surface area contributed by atoms with Gasteiger partial charge >= 0.3 is 0 Å². The lowest BCUT2D eigenvalue weighted by Gasteiger charge is -2.11. The molecule has 90 valence electrons. The first kappa shape index (κ1) is 12.2. The van der Waals surface area contributed by atoms with Gasteiger partial charge in [-0.15, -0.1) is 0 Å². The van der Waals surface area contributed by atoms with E-state index in [9.17, 15) is 13.2 Å². The van der Waals surface area contributed by atoms with Gasteiger partial charge in [0.25, 0.3) is 0 Å². The third-order valence-electron chi connectivity index (χ3n) is 2.26. The van der Waals surface area contributed by atoms with Crippen LogP contribution in [0.2, 0.25) is 0 Å². The summed E-state index contributed by atoms with van der Waals surface area (Å²) in [6, 6.07) is 3.07. The molecule has 0 aliphatic heterocycles. The molecule has 0 saturated carbocycles. The molecule has 1 heterocycles. The predicted octanol–water partition coefficient (Wildman–Crippen LogP) is 3.51. The molecule has 0 aliphatic carbocycles. The third kappa shape index (κ3) is 2.37. The summed E-state index contributed by atoms with van der Waals surface area (Å²) in [5.74, 6) is -2.89. The highest BCUT2D eigenvalue weighted by Crippen LogP contribution is 2.28. The Labute approximate surface area is 103 Å². The fourth-order valence-electron chi connectivity index (χ4n) is 1.49. The SMILES string of the molecule is NC(c1ccc(Br)o1)c1c(F)cc(F)cc1F. The summed E-state index contributed by atoms with van der Waals surface area (Å²) in [4.78, 5) is 0. The summed E-state index contributed by atoms with van der Waals surface area (Å²) < 4.78 is 45.1. The Bertz CT molecular complexity index is 532. The van der Waals surface area contributed by atoms with E-state index in [1.54, 1.807) is 6.07 Å². The molecule has 0 bridgehead atoms. The van der Waals surface area contributed by atoms with Crippen molar-refractivity contribution in [3.05, 3.63) is 57.7 Å². The normalized spacial score (nSPS) is 12.8. The molecule has 2 rings (SSSR count). The quantitative estimate of drug-likeness (QED) is 0.922. The van der Waals surface area contributed by atoms with E-state index in [0.29, 0.717) is 16.8 Å². The maximum absolute atomic E-state index is 13.4. The fourth-order valence-corrected chi connectivity index (χ4v) is 1.81. The van der Waals surface area contributed by atoms with Crippen molar-refractivity contribution < 1.29 is 17.6 Å². The van der Waals surface area contributed by atoms with Gasteiger partial charge in [-0.05, 0) is 28.1 Å². The lowest BCUT2D eigenvalue weighted by Crippen LogP contribution is -2.15. The Hall–Kier alpha value is -1.27. The Kier molecular flexibility index (Phi) is 3.26. The number of rotatable bonds is 2. The summed E-state index contributed by atoms with van der Waals surface area (Å²) >= 11 is 3.05. The molecule has 1 aromatic heterocycles. The summed E-state index contributed by atoms with van der Waals surface area (Å²) in [5.41, 5.74) is 5.24. The molecule has 2 aromatic rings. The summed E-state index contributed by atoms with van der Waals surface area (Å²) in [6.45, 7) is 0. The number of hydrogen-bond acceptors (Lipinski definition) is 2. The average Bonchev–Trinajstić information content (AvgIpc) is 2.63. The molecule has 0 saturated heterocycles. The van der Waals surface area contributed by atoms with Gasteiger partial charge in [-0.2, -0.15) is 0 Å². The van der Waals surface area contributed by atoms with E-state index < -0.39 is 29.1 Å². The predicted molar refractivity (Wildman–Crippen MR) is 58.8 cm³/mol. The second-order valence-electron chi connectivity index (χ2n) is 3.40. The molecular formula is C11H7BrF3NO. The lowest BCUT2D eigenvalue weighted by molar-refractivity contribution is 0.448. The number of hydrogen-bond donors (Lipinski definition) is 1. The Morgan fingerprint density at radius 3 is 2.18 bits per heavy atom. The first-order valence-corrected chi connectivity index (χ1v) is 5.43. The molecular weight excluding hydrogens is 299 g/mol. The summed E-state index contributed by atoms with van der Waals surface area (Å²) in [5, 5.41) is 0. The molecule has 6 heteroatoms. The van der Waals surface area contributed by atoms with E-state index in [1.807, 2.05) is 0 Å². The maximum atomic E-state index is 13.4. The van der Waals surface area contributed by atoms with Crippen LogP contribution in [-0.2, 0) is 0 Å². The number of furan rings is 1. The van der Waals surface area contributed by atoms with E-state index in [2.05, 4.69) is 15.9 Å².